The van der Waals surface area contributed by atoms with Crippen LogP contribution in [-0.4, -0.2) is 33.0 Å². The average Bonchev–Trinajstić information content (AvgIpc) is 2.33. The minimum Gasteiger partial charge on any atom is -0.347 e. The monoisotopic (exact) mass is 298 g/mol. The Morgan fingerprint density at radius 3 is 2.25 bits per heavy atom. The fraction of sp³-hybridized carbons (Fsp3) is 0.385. The molecular weight excluding hydrogens is 280 g/mol. The second-order valence-electron chi connectivity index (χ2n) is 4.56. The molecule has 1 rings (SSSR count). The molecule has 6 nitrogen and oxygen atoms in total. The van der Waals surface area contributed by atoms with Crippen molar-refractivity contribution in [3.8, 4) is 0 Å². The summed E-state index contributed by atoms with van der Waals surface area (Å²) in [7, 11) is -3.58. The number of hydrogen-bond donors (Lipinski definition) is 2. The summed E-state index contributed by atoms with van der Waals surface area (Å²) in [5, 5.41) is 2.37. The highest BCUT2D eigenvalue weighted by Crippen LogP contribution is 2.05. The molecule has 0 saturated heterocycles. The van der Waals surface area contributed by atoms with Gasteiger partial charge in [-0.1, -0.05) is 29.8 Å². The first-order valence-corrected chi connectivity index (χ1v) is 7.98. The molecule has 7 heteroatoms. The van der Waals surface area contributed by atoms with Gasteiger partial charge in [0.05, 0.1) is 12.8 Å². The van der Waals surface area contributed by atoms with Crippen LogP contribution in [0.4, 0.5) is 0 Å². The lowest BCUT2D eigenvalue weighted by Crippen LogP contribution is -2.39. The highest BCUT2D eigenvalue weighted by Gasteiger charge is 2.09. The van der Waals surface area contributed by atoms with Crippen LogP contribution >= 0.6 is 0 Å². The Kier molecular flexibility index (Phi) is 5.69. The van der Waals surface area contributed by atoms with Crippen molar-refractivity contribution in [1.82, 2.24) is 10.0 Å². The zero-order valence-electron chi connectivity index (χ0n) is 11.5. The van der Waals surface area contributed by atoms with Crippen molar-refractivity contribution < 1.29 is 18.0 Å². The lowest BCUT2D eigenvalue weighted by Gasteiger charge is -2.06. The van der Waals surface area contributed by atoms with Gasteiger partial charge in [-0.05, 0) is 18.9 Å². The van der Waals surface area contributed by atoms with Gasteiger partial charge < -0.3 is 5.32 Å². The molecule has 0 atom stereocenters. The maximum absolute atomic E-state index is 11.5. The van der Waals surface area contributed by atoms with Crippen LogP contribution in [0.15, 0.2) is 24.3 Å². The third-order valence-electron chi connectivity index (χ3n) is 2.51. The second kappa shape index (κ2) is 7.04. The molecule has 0 unspecified atom stereocenters. The number of hydrogen-bond acceptors (Lipinski definition) is 4. The highest BCUT2D eigenvalue weighted by molar-refractivity contribution is 7.89. The first-order chi connectivity index (χ1) is 9.26. The van der Waals surface area contributed by atoms with Crippen LogP contribution in [0, 0.1) is 6.92 Å². The van der Waals surface area contributed by atoms with Gasteiger partial charge in [0.25, 0.3) is 5.91 Å². The van der Waals surface area contributed by atoms with E-state index in [1.807, 2.05) is 31.2 Å². The van der Waals surface area contributed by atoms with Gasteiger partial charge >= 0.3 is 0 Å². The molecule has 2 amide bonds. The maximum atomic E-state index is 11.5. The molecule has 0 aliphatic carbocycles. The molecule has 0 radical (unpaired) electrons. The topological polar surface area (TPSA) is 92.3 Å². The standard InChI is InChI=1S/C13H18N2O4S/c1-10-3-5-11(6-4-10)7-8-12(16)14-9-13(17)15-20(2,18)19/h3-6H,7-9H2,1-2H3,(H,14,16)(H,15,17). The number of rotatable bonds is 6. The van der Waals surface area contributed by atoms with Crippen molar-refractivity contribution >= 4 is 21.8 Å². The van der Waals surface area contributed by atoms with E-state index in [2.05, 4.69) is 5.32 Å². The molecular formula is C13H18N2O4S. The predicted octanol–water partition coefficient (Wildman–Crippen LogP) is 0.120. The van der Waals surface area contributed by atoms with E-state index in [1.54, 1.807) is 4.72 Å². The third kappa shape index (κ3) is 6.89. The Balaban J connectivity index is 2.30. The number of aryl methyl sites for hydroxylation is 2. The number of benzene rings is 1. The summed E-state index contributed by atoms with van der Waals surface area (Å²) in [6.07, 6.45) is 1.69. The van der Waals surface area contributed by atoms with Crippen molar-refractivity contribution in [2.45, 2.75) is 19.8 Å². The van der Waals surface area contributed by atoms with Gasteiger partial charge in [-0.2, -0.15) is 0 Å². The lowest BCUT2D eigenvalue weighted by molar-refractivity contribution is -0.125. The first kappa shape index (κ1) is 16.2. The van der Waals surface area contributed by atoms with Crippen LogP contribution in [-0.2, 0) is 26.0 Å². The van der Waals surface area contributed by atoms with Gasteiger partial charge in [-0.25, -0.2) is 8.42 Å². The van der Waals surface area contributed by atoms with E-state index in [-0.39, 0.29) is 18.9 Å². The van der Waals surface area contributed by atoms with E-state index in [4.69, 9.17) is 0 Å². The Morgan fingerprint density at radius 2 is 1.70 bits per heavy atom. The van der Waals surface area contributed by atoms with E-state index < -0.39 is 15.9 Å². The van der Waals surface area contributed by atoms with Crippen LogP contribution in [0.1, 0.15) is 17.5 Å². The first-order valence-electron chi connectivity index (χ1n) is 6.09. The van der Waals surface area contributed by atoms with Crippen molar-refractivity contribution in [1.29, 1.82) is 0 Å². The minimum absolute atomic E-state index is 0.245. The Hall–Kier alpha value is -1.89. The summed E-state index contributed by atoms with van der Waals surface area (Å²) in [6, 6.07) is 7.82. The van der Waals surface area contributed by atoms with E-state index in [0.717, 1.165) is 17.4 Å². The van der Waals surface area contributed by atoms with Gasteiger partial charge in [0.15, 0.2) is 0 Å². The summed E-state index contributed by atoms with van der Waals surface area (Å²) in [5.74, 6) is -1.05. The SMILES string of the molecule is Cc1ccc(CCC(=O)NCC(=O)NS(C)(=O)=O)cc1. The molecule has 1 aromatic rings. The van der Waals surface area contributed by atoms with Crippen LogP contribution < -0.4 is 10.0 Å². The van der Waals surface area contributed by atoms with E-state index in [1.165, 1.54) is 0 Å². The second-order valence-corrected chi connectivity index (χ2v) is 6.31. The molecule has 2 N–H and O–H groups in total. The lowest BCUT2D eigenvalue weighted by atomic mass is 10.1. The van der Waals surface area contributed by atoms with Crippen molar-refractivity contribution in [3.05, 3.63) is 35.4 Å². The van der Waals surface area contributed by atoms with Gasteiger partial charge in [-0.3, -0.25) is 14.3 Å². The van der Waals surface area contributed by atoms with Gasteiger partial charge in [0.2, 0.25) is 15.9 Å². The summed E-state index contributed by atoms with van der Waals surface area (Å²) in [5.41, 5.74) is 2.18. The van der Waals surface area contributed by atoms with Crippen LogP contribution in [0.5, 0.6) is 0 Å². The predicted molar refractivity (Wildman–Crippen MR) is 75.5 cm³/mol. The number of carbonyl (C=O) groups is 2. The molecule has 20 heavy (non-hydrogen) atoms. The zero-order chi connectivity index (χ0) is 15.2. The molecule has 0 fully saturated rings. The molecule has 0 spiro atoms. The average molecular weight is 298 g/mol. The van der Waals surface area contributed by atoms with Gasteiger partial charge in [0.1, 0.15) is 0 Å². The normalized spacial score (nSPS) is 10.9. The van der Waals surface area contributed by atoms with Crippen molar-refractivity contribution in [2.75, 3.05) is 12.8 Å². The largest absolute Gasteiger partial charge is 0.347 e. The number of amides is 2. The zero-order valence-corrected chi connectivity index (χ0v) is 12.3. The van der Waals surface area contributed by atoms with E-state index in [0.29, 0.717) is 6.42 Å². The Bertz CT molecular complexity index is 579. The number of carbonyl (C=O) groups excluding carboxylic acids is 2. The molecule has 0 aliphatic heterocycles. The molecule has 0 saturated carbocycles. The maximum Gasteiger partial charge on any atom is 0.252 e. The van der Waals surface area contributed by atoms with Gasteiger partial charge in [-0.15, -0.1) is 0 Å². The van der Waals surface area contributed by atoms with Crippen LogP contribution in [0.2, 0.25) is 0 Å². The summed E-state index contributed by atoms with van der Waals surface area (Å²) in [4.78, 5) is 22.7. The Labute approximate surface area is 118 Å². The molecule has 0 aliphatic rings. The Morgan fingerprint density at radius 1 is 1.10 bits per heavy atom. The van der Waals surface area contributed by atoms with Gasteiger partial charge in [0, 0.05) is 6.42 Å². The molecule has 0 heterocycles. The molecule has 0 aromatic heterocycles. The molecule has 110 valence electrons. The summed E-state index contributed by atoms with van der Waals surface area (Å²) < 4.78 is 23.3. The number of sulfonamides is 1. The highest BCUT2D eigenvalue weighted by atomic mass is 32.2. The quantitative estimate of drug-likeness (QED) is 0.780. The summed E-state index contributed by atoms with van der Waals surface area (Å²) in [6.45, 7) is 1.64. The van der Waals surface area contributed by atoms with Crippen molar-refractivity contribution in [2.24, 2.45) is 0 Å². The van der Waals surface area contributed by atoms with Crippen molar-refractivity contribution in [3.63, 3.8) is 0 Å². The van der Waals surface area contributed by atoms with Crippen LogP contribution in [0.3, 0.4) is 0 Å². The molecule has 1 aromatic carbocycles. The fourth-order valence-corrected chi connectivity index (χ4v) is 2.01. The fourth-order valence-electron chi connectivity index (χ4n) is 1.52. The summed E-state index contributed by atoms with van der Waals surface area (Å²) >= 11 is 0. The smallest absolute Gasteiger partial charge is 0.252 e. The van der Waals surface area contributed by atoms with E-state index >= 15 is 0 Å². The number of nitrogens with one attached hydrogen (secondary N) is 2. The molecule has 0 bridgehead atoms. The van der Waals surface area contributed by atoms with Crippen LogP contribution in [0.25, 0.3) is 0 Å². The minimum atomic E-state index is -3.58. The third-order valence-corrected chi connectivity index (χ3v) is 3.11. The van der Waals surface area contributed by atoms with E-state index in [9.17, 15) is 18.0 Å².